The van der Waals surface area contributed by atoms with Gasteiger partial charge in [-0.3, -0.25) is 4.68 Å². The molecule has 0 saturated heterocycles. The van der Waals surface area contributed by atoms with Gasteiger partial charge in [-0.2, -0.15) is 5.10 Å². The molecule has 1 heterocycles. The van der Waals surface area contributed by atoms with Crippen LogP contribution in [0.1, 0.15) is 32.4 Å². The monoisotopic (exact) mass is 198 g/mol. The molecular formula is C10H18N2O2. The Labute approximate surface area is 84.5 Å². The molecule has 0 radical (unpaired) electrons. The van der Waals surface area contributed by atoms with Crippen molar-refractivity contribution in [1.82, 2.24) is 9.78 Å². The van der Waals surface area contributed by atoms with Gasteiger partial charge in [-0.1, -0.05) is 0 Å². The van der Waals surface area contributed by atoms with Crippen molar-refractivity contribution in [3.05, 3.63) is 18.0 Å². The molecule has 4 heteroatoms. The minimum Gasteiger partial charge on any atom is -0.385 e. The first-order valence-electron chi connectivity index (χ1n) is 4.77. The van der Waals surface area contributed by atoms with Crippen molar-refractivity contribution in [3.8, 4) is 0 Å². The quantitative estimate of drug-likeness (QED) is 0.794. The fourth-order valence-electron chi connectivity index (χ4n) is 1.21. The van der Waals surface area contributed by atoms with Crippen molar-refractivity contribution in [2.75, 3.05) is 7.11 Å². The average Bonchev–Trinajstić information content (AvgIpc) is 2.64. The number of rotatable bonds is 4. The highest BCUT2D eigenvalue weighted by atomic mass is 16.5. The second kappa shape index (κ2) is 4.11. The van der Waals surface area contributed by atoms with Gasteiger partial charge in [0.05, 0.1) is 11.8 Å². The molecule has 1 aromatic rings. The molecule has 1 aromatic heterocycles. The summed E-state index contributed by atoms with van der Waals surface area (Å²) < 4.78 is 6.99. The molecule has 0 aliphatic carbocycles. The largest absolute Gasteiger partial charge is 0.385 e. The number of hydrogen-bond donors (Lipinski definition) is 1. The molecule has 0 aliphatic rings. The molecule has 0 aromatic carbocycles. The normalized spacial score (nSPS) is 14.4. The van der Waals surface area contributed by atoms with Crippen LogP contribution in [0.25, 0.3) is 0 Å². The van der Waals surface area contributed by atoms with E-state index in [-0.39, 0.29) is 0 Å². The Morgan fingerprint density at radius 3 is 2.71 bits per heavy atom. The first-order chi connectivity index (χ1) is 6.51. The zero-order chi connectivity index (χ0) is 10.8. The lowest BCUT2D eigenvalue weighted by molar-refractivity contribution is -0.0793. The molecule has 0 fully saturated rings. The highest BCUT2D eigenvalue weighted by Gasteiger charge is 2.29. The first-order valence-corrected chi connectivity index (χ1v) is 4.77. The number of hydrogen-bond acceptors (Lipinski definition) is 3. The van der Waals surface area contributed by atoms with Gasteiger partial charge in [0.2, 0.25) is 0 Å². The highest BCUT2D eigenvalue weighted by Crippen LogP contribution is 2.27. The summed E-state index contributed by atoms with van der Waals surface area (Å²) in [6, 6.07) is 0. The van der Waals surface area contributed by atoms with E-state index in [1.54, 1.807) is 18.0 Å². The summed E-state index contributed by atoms with van der Waals surface area (Å²) in [5, 5.41) is 14.1. The van der Waals surface area contributed by atoms with E-state index >= 15 is 0 Å². The third-order valence-corrected chi connectivity index (χ3v) is 2.48. The predicted molar refractivity (Wildman–Crippen MR) is 53.9 cm³/mol. The van der Waals surface area contributed by atoms with Crippen LogP contribution in [-0.4, -0.2) is 27.6 Å². The van der Waals surface area contributed by atoms with Gasteiger partial charge in [-0.05, 0) is 20.8 Å². The minimum absolute atomic E-state index is 0.582. The van der Waals surface area contributed by atoms with Crippen LogP contribution in [0.2, 0.25) is 0 Å². The predicted octanol–water partition coefficient (Wildman–Crippen LogP) is 1.36. The number of aliphatic hydroxyl groups is 1. The molecule has 4 nitrogen and oxygen atoms in total. The Balaban J connectivity index is 2.83. The lowest BCUT2D eigenvalue weighted by Crippen LogP contribution is -2.31. The van der Waals surface area contributed by atoms with E-state index in [9.17, 15) is 5.11 Å². The minimum atomic E-state index is -0.646. The van der Waals surface area contributed by atoms with E-state index in [2.05, 4.69) is 5.10 Å². The third-order valence-electron chi connectivity index (χ3n) is 2.48. The summed E-state index contributed by atoms with van der Waals surface area (Å²) in [6.07, 6.45) is 2.87. The summed E-state index contributed by atoms with van der Waals surface area (Å²) in [4.78, 5) is 0. The number of methoxy groups -OCH3 is 1. The van der Waals surface area contributed by atoms with Gasteiger partial charge in [0, 0.05) is 25.4 Å². The number of aryl methyl sites for hydroxylation is 1. The van der Waals surface area contributed by atoms with Gasteiger partial charge >= 0.3 is 0 Å². The van der Waals surface area contributed by atoms with Crippen molar-refractivity contribution >= 4 is 0 Å². The van der Waals surface area contributed by atoms with E-state index in [1.165, 1.54) is 0 Å². The summed E-state index contributed by atoms with van der Waals surface area (Å²) in [5.74, 6) is 0. The Morgan fingerprint density at radius 2 is 2.29 bits per heavy atom. The molecule has 1 rings (SSSR count). The number of nitrogens with zero attached hydrogens (tertiary/aromatic N) is 2. The SMILES string of the molecule is CCn1cc(C(O)C(C)(C)OC)cn1. The van der Waals surface area contributed by atoms with Gasteiger partial charge in [-0.25, -0.2) is 0 Å². The smallest absolute Gasteiger partial charge is 0.110 e. The molecule has 1 atom stereocenters. The van der Waals surface area contributed by atoms with Crippen LogP contribution in [0, 0.1) is 0 Å². The summed E-state index contributed by atoms with van der Waals surface area (Å²) in [5.41, 5.74) is 0.209. The zero-order valence-electron chi connectivity index (χ0n) is 9.19. The number of aliphatic hydroxyl groups excluding tert-OH is 1. The van der Waals surface area contributed by atoms with Gasteiger partial charge in [0.1, 0.15) is 6.10 Å². The van der Waals surface area contributed by atoms with E-state index in [0.29, 0.717) is 0 Å². The second-order valence-corrected chi connectivity index (χ2v) is 3.84. The maximum absolute atomic E-state index is 9.98. The molecule has 14 heavy (non-hydrogen) atoms. The molecule has 0 amide bonds. The summed E-state index contributed by atoms with van der Waals surface area (Å²) in [7, 11) is 1.59. The van der Waals surface area contributed by atoms with Crippen molar-refractivity contribution in [2.24, 2.45) is 0 Å². The van der Waals surface area contributed by atoms with Crippen LogP contribution in [0.15, 0.2) is 12.4 Å². The number of aromatic nitrogens is 2. The van der Waals surface area contributed by atoms with E-state index in [4.69, 9.17) is 4.74 Å². The molecular weight excluding hydrogens is 180 g/mol. The molecule has 0 bridgehead atoms. The molecule has 0 aliphatic heterocycles. The Bertz CT molecular complexity index is 294. The van der Waals surface area contributed by atoms with Gasteiger partial charge in [0.25, 0.3) is 0 Å². The summed E-state index contributed by atoms with van der Waals surface area (Å²) >= 11 is 0. The van der Waals surface area contributed by atoms with Gasteiger partial charge in [0.15, 0.2) is 0 Å². The molecule has 0 spiro atoms. The lowest BCUT2D eigenvalue weighted by atomic mass is 9.97. The fraction of sp³-hybridized carbons (Fsp3) is 0.700. The molecule has 0 saturated carbocycles. The molecule has 1 unspecified atom stereocenters. The van der Waals surface area contributed by atoms with Crippen LogP contribution < -0.4 is 0 Å². The third kappa shape index (κ3) is 2.13. The topological polar surface area (TPSA) is 47.3 Å². The van der Waals surface area contributed by atoms with E-state index in [1.807, 2.05) is 27.0 Å². The number of ether oxygens (including phenoxy) is 1. The standard InChI is InChI=1S/C10H18N2O2/c1-5-12-7-8(6-11-12)9(13)10(2,3)14-4/h6-7,9,13H,5H2,1-4H3. The summed E-state index contributed by atoms with van der Waals surface area (Å²) in [6.45, 7) is 6.51. The first kappa shape index (κ1) is 11.2. The van der Waals surface area contributed by atoms with E-state index < -0.39 is 11.7 Å². The van der Waals surface area contributed by atoms with Crippen LogP contribution >= 0.6 is 0 Å². The van der Waals surface area contributed by atoms with Gasteiger partial charge in [-0.15, -0.1) is 0 Å². The fourth-order valence-corrected chi connectivity index (χ4v) is 1.21. The highest BCUT2D eigenvalue weighted by molar-refractivity contribution is 5.11. The van der Waals surface area contributed by atoms with Crippen molar-refractivity contribution in [1.29, 1.82) is 0 Å². The van der Waals surface area contributed by atoms with E-state index in [0.717, 1.165) is 12.1 Å². The van der Waals surface area contributed by atoms with Crippen LogP contribution in [0.3, 0.4) is 0 Å². The van der Waals surface area contributed by atoms with Crippen LogP contribution in [-0.2, 0) is 11.3 Å². The molecule has 1 N–H and O–H groups in total. The Morgan fingerprint density at radius 1 is 1.64 bits per heavy atom. The van der Waals surface area contributed by atoms with Crippen LogP contribution in [0.4, 0.5) is 0 Å². The van der Waals surface area contributed by atoms with Crippen molar-refractivity contribution in [3.63, 3.8) is 0 Å². The average molecular weight is 198 g/mol. The Hall–Kier alpha value is -0.870. The van der Waals surface area contributed by atoms with Crippen molar-refractivity contribution < 1.29 is 9.84 Å². The Kier molecular flexibility index (Phi) is 3.29. The van der Waals surface area contributed by atoms with Crippen molar-refractivity contribution in [2.45, 2.75) is 39.0 Å². The van der Waals surface area contributed by atoms with Crippen LogP contribution in [0.5, 0.6) is 0 Å². The lowest BCUT2D eigenvalue weighted by Gasteiger charge is -2.28. The van der Waals surface area contributed by atoms with Gasteiger partial charge < -0.3 is 9.84 Å². The zero-order valence-corrected chi connectivity index (χ0v) is 9.19. The maximum atomic E-state index is 9.98. The maximum Gasteiger partial charge on any atom is 0.110 e. The second-order valence-electron chi connectivity index (χ2n) is 3.84. The molecule has 80 valence electrons.